The maximum Gasteiger partial charge on any atom is 0.0705 e. The van der Waals surface area contributed by atoms with Gasteiger partial charge in [0.1, 0.15) is 0 Å². The molecule has 0 amide bonds. The number of para-hydroxylation sites is 1. The lowest BCUT2D eigenvalue weighted by molar-refractivity contribution is 0.167. The van der Waals surface area contributed by atoms with Crippen molar-refractivity contribution in [1.82, 2.24) is 15.2 Å². The Hall–Kier alpha value is -1.45. The lowest BCUT2D eigenvalue weighted by Gasteiger charge is -2.32. The second-order valence-corrected chi connectivity index (χ2v) is 5.79. The average Bonchev–Trinajstić information content (AvgIpc) is 2.48. The normalized spacial score (nSPS) is 20.4. The molecule has 2 aromatic rings. The molecule has 1 aromatic carbocycles. The molecule has 1 aliphatic heterocycles. The number of likely N-dealkylation sites (tertiary alicyclic amines) is 1. The maximum absolute atomic E-state index is 4.45. The standard InChI is InChI=1S/C17H23N3/c1-18-11-14-5-4-10-20(12-14)13-15-8-9-19-17-7-3-2-6-16(15)17/h2-3,6-9,14,18H,4-5,10-13H2,1H3. The molecular weight excluding hydrogens is 246 g/mol. The summed E-state index contributed by atoms with van der Waals surface area (Å²) in [6.45, 7) is 4.60. The predicted octanol–water partition coefficient (Wildman–Crippen LogP) is 2.67. The van der Waals surface area contributed by atoms with Crippen LogP contribution in [0.25, 0.3) is 10.9 Å². The highest BCUT2D eigenvalue weighted by atomic mass is 15.1. The van der Waals surface area contributed by atoms with Crippen LogP contribution >= 0.6 is 0 Å². The third-order valence-electron chi connectivity index (χ3n) is 4.23. The number of hydrogen-bond acceptors (Lipinski definition) is 3. The van der Waals surface area contributed by atoms with Gasteiger partial charge in [0.15, 0.2) is 0 Å². The van der Waals surface area contributed by atoms with Crippen molar-refractivity contribution in [3.63, 3.8) is 0 Å². The first-order chi connectivity index (χ1) is 9.86. The average molecular weight is 269 g/mol. The van der Waals surface area contributed by atoms with Gasteiger partial charge in [0, 0.05) is 24.7 Å². The maximum atomic E-state index is 4.45. The molecule has 0 saturated carbocycles. The van der Waals surface area contributed by atoms with Crippen LogP contribution < -0.4 is 5.32 Å². The Morgan fingerprint density at radius 3 is 3.10 bits per heavy atom. The minimum absolute atomic E-state index is 0.793. The molecule has 20 heavy (non-hydrogen) atoms. The lowest BCUT2D eigenvalue weighted by atomic mass is 9.97. The first kappa shape index (κ1) is 13.5. The molecule has 0 aliphatic carbocycles. The highest BCUT2D eigenvalue weighted by Gasteiger charge is 2.19. The molecular formula is C17H23N3. The van der Waals surface area contributed by atoms with Crippen molar-refractivity contribution in [1.29, 1.82) is 0 Å². The number of nitrogens with one attached hydrogen (secondary N) is 1. The Balaban J connectivity index is 1.76. The Bertz CT molecular complexity index is 560. The van der Waals surface area contributed by atoms with E-state index in [-0.39, 0.29) is 0 Å². The molecule has 3 nitrogen and oxygen atoms in total. The van der Waals surface area contributed by atoms with E-state index in [1.54, 1.807) is 0 Å². The number of rotatable bonds is 4. The van der Waals surface area contributed by atoms with Crippen molar-refractivity contribution < 1.29 is 0 Å². The molecule has 1 aromatic heterocycles. The zero-order valence-corrected chi connectivity index (χ0v) is 12.2. The molecule has 2 heterocycles. The SMILES string of the molecule is CNCC1CCCN(Cc2ccnc3ccccc23)C1. The summed E-state index contributed by atoms with van der Waals surface area (Å²) in [5.41, 5.74) is 2.51. The summed E-state index contributed by atoms with van der Waals surface area (Å²) in [7, 11) is 2.05. The van der Waals surface area contributed by atoms with Crippen molar-refractivity contribution in [2.75, 3.05) is 26.7 Å². The van der Waals surface area contributed by atoms with Crippen molar-refractivity contribution in [3.8, 4) is 0 Å². The van der Waals surface area contributed by atoms with Gasteiger partial charge >= 0.3 is 0 Å². The van der Waals surface area contributed by atoms with Crippen LogP contribution in [0.5, 0.6) is 0 Å². The summed E-state index contributed by atoms with van der Waals surface area (Å²) in [6, 6.07) is 10.6. The van der Waals surface area contributed by atoms with Crippen LogP contribution in [0, 0.1) is 5.92 Å². The van der Waals surface area contributed by atoms with Gasteiger partial charge in [0.25, 0.3) is 0 Å². The number of pyridine rings is 1. The van der Waals surface area contributed by atoms with Gasteiger partial charge in [0.05, 0.1) is 5.52 Å². The summed E-state index contributed by atoms with van der Waals surface area (Å²) in [5, 5.41) is 4.61. The molecule has 0 bridgehead atoms. The van der Waals surface area contributed by atoms with Crippen LogP contribution in [0.2, 0.25) is 0 Å². The van der Waals surface area contributed by atoms with Gasteiger partial charge in [-0.25, -0.2) is 0 Å². The first-order valence-corrected chi connectivity index (χ1v) is 7.56. The largest absolute Gasteiger partial charge is 0.319 e. The van der Waals surface area contributed by atoms with Crippen LogP contribution in [-0.4, -0.2) is 36.6 Å². The lowest BCUT2D eigenvalue weighted by Crippen LogP contribution is -2.38. The van der Waals surface area contributed by atoms with E-state index in [2.05, 4.69) is 52.6 Å². The molecule has 1 fully saturated rings. The number of hydrogen-bond donors (Lipinski definition) is 1. The monoisotopic (exact) mass is 269 g/mol. The second-order valence-electron chi connectivity index (χ2n) is 5.79. The highest BCUT2D eigenvalue weighted by molar-refractivity contribution is 5.81. The van der Waals surface area contributed by atoms with E-state index in [1.807, 2.05) is 6.20 Å². The van der Waals surface area contributed by atoms with E-state index >= 15 is 0 Å². The summed E-state index contributed by atoms with van der Waals surface area (Å²) >= 11 is 0. The summed E-state index contributed by atoms with van der Waals surface area (Å²) in [6.07, 6.45) is 4.61. The molecule has 1 N–H and O–H groups in total. The van der Waals surface area contributed by atoms with E-state index in [0.717, 1.165) is 24.5 Å². The van der Waals surface area contributed by atoms with Gasteiger partial charge in [-0.15, -0.1) is 0 Å². The van der Waals surface area contributed by atoms with Crippen LogP contribution in [-0.2, 0) is 6.54 Å². The van der Waals surface area contributed by atoms with Gasteiger partial charge < -0.3 is 5.32 Å². The van der Waals surface area contributed by atoms with Crippen molar-refractivity contribution in [2.45, 2.75) is 19.4 Å². The van der Waals surface area contributed by atoms with Crippen LogP contribution in [0.1, 0.15) is 18.4 Å². The predicted molar refractivity (Wildman–Crippen MR) is 83.7 cm³/mol. The smallest absolute Gasteiger partial charge is 0.0705 e. The Kier molecular flexibility index (Phi) is 4.28. The van der Waals surface area contributed by atoms with E-state index in [4.69, 9.17) is 0 Å². The molecule has 1 saturated heterocycles. The first-order valence-electron chi connectivity index (χ1n) is 7.56. The fourth-order valence-corrected chi connectivity index (χ4v) is 3.28. The van der Waals surface area contributed by atoms with Crippen molar-refractivity contribution >= 4 is 10.9 Å². The van der Waals surface area contributed by atoms with Gasteiger partial charge in [0.2, 0.25) is 0 Å². The molecule has 1 unspecified atom stereocenters. The molecule has 0 radical (unpaired) electrons. The quantitative estimate of drug-likeness (QED) is 0.925. The number of piperidine rings is 1. The van der Waals surface area contributed by atoms with Crippen LogP contribution in [0.3, 0.4) is 0 Å². The zero-order chi connectivity index (χ0) is 13.8. The van der Waals surface area contributed by atoms with E-state index in [9.17, 15) is 0 Å². The minimum atomic E-state index is 0.793. The van der Waals surface area contributed by atoms with E-state index in [1.165, 1.54) is 36.9 Å². The molecule has 0 spiro atoms. The number of benzene rings is 1. The highest BCUT2D eigenvalue weighted by Crippen LogP contribution is 2.21. The van der Waals surface area contributed by atoms with Crippen molar-refractivity contribution in [2.24, 2.45) is 5.92 Å². The number of nitrogens with zero attached hydrogens (tertiary/aromatic N) is 2. The summed E-state index contributed by atoms with van der Waals surface area (Å²) < 4.78 is 0. The molecule has 3 rings (SSSR count). The number of aromatic nitrogens is 1. The van der Waals surface area contributed by atoms with Gasteiger partial charge in [-0.1, -0.05) is 18.2 Å². The van der Waals surface area contributed by atoms with Gasteiger partial charge in [-0.3, -0.25) is 9.88 Å². The minimum Gasteiger partial charge on any atom is -0.319 e. The number of fused-ring (bicyclic) bond motifs is 1. The third-order valence-corrected chi connectivity index (χ3v) is 4.23. The second kappa shape index (κ2) is 6.33. The summed E-state index contributed by atoms with van der Waals surface area (Å²) in [4.78, 5) is 7.04. The van der Waals surface area contributed by atoms with Crippen LogP contribution in [0.4, 0.5) is 0 Å². The fraction of sp³-hybridized carbons (Fsp3) is 0.471. The molecule has 3 heteroatoms. The molecule has 1 aliphatic rings. The molecule has 1 atom stereocenters. The Morgan fingerprint density at radius 2 is 2.20 bits per heavy atom. The van der Waals surface area contributed by atoms with Crippen LogP contribution in [0.15, 0.2) is 36.5 Å². The van der Waals surface area contributed by atoms with Crippen molar-refractivity contribution in [3.05, 3.63) is 42.1 Å². The fourth-order valence-electron chi connectivity index (χ4n) is 3.28. The van der Waals surface area contributed by atoms with Gasteiger partial charge in [-0.2, -0.15) is 0 Å². The zero-order valence-electron chi connectivity index (χ0n) is 12.2. The Morgan fingerprint density at radius 1 is 1.30 bits per heavy atom. The van der Waals surface area contributed by atoms with Gasteiger partial charge in [-0.05, 0) is 56.6 Å². The topological polar surface area (TPSA) is 28.2 Å². The summed E-state index contributed by atoms with van der Waals surface area (Å²) in [5.74, 6) is 0.793. The Labute approximate surface area is 121 Å². The molecule has 106 valence electrons. The third kappa shape index (κ3) is 3.00. The van der Waals surface area contributed by atoms with E-state index in [0.29, 0.717) is 0 Å². The van der Waals surface area contributed by atoms with E-state index < -0.39 is 0 Å².